The van der Waals surface area contributed by atoms with E-state index in [-0.39, 0.29) is 24.1 Å². The largest absolute Gasteiger partial charge is 0.369 e. The Hall–Kier alpha value is -2.64. The van der Waals surface area contributed by atoms with Crippen LogP contribution in [-0.2, 0) is 4.74 Å². The van der Waals surface area contributed by atoms with E-state index in [0.717, 1.165) is 5.56 Å². The Kier molecular flexibility index (Phi) is 4.64. The van der Waals surface area contributed by atoms with Crippen molar-refractivity contribution >= 4 is 5.91 Å². The predicted molar refractivity (Wildman–Crippen MR) is 91.4 cm³/mol. The summed E-state index contributed by atoms with van der Waals surface area (Å²) in [5.41, 5.74) is 2.11. The molecular formula is C20H20N2O2. The fourth-order valence-electron chi connectivity index (χ4n) is 3.28. The third kappa shape index (κ3) is 3.04. The highest BCUT2D eigenvalue weighted by Crippen LogP contribution is 2.31. The molecule has 1 aliphatic heterocycles. The lowest BCUT2D eigenvalue weighted by Gasteiger charge is -2.44. The van der Waals surface area contributed by atoms with Crippen molar-refractivity contribution in [2.75, 3.05) is 6.61 Å². The van der Waals surface area contributed by atoms with Crippen LogP contribution in [0.1, 0.15) is 41.4 Å². The number of ether oxygens (including phenoxy) is 1. The van der Waals surface area contributed by atoms with Crippen molar-refractivity contribution in [3.05, 3.63) is 71.3 Å². The number of hydrogen-bond donors (Lipinski definition) is 0. The second kappa shape index (κ2) is 6.86. The number of rotatable bonds is 2. The first-order valence-corrected chi connectivity index (χ1v) is 8.11. The van der Waals surface area contributed by atoms with Crippen LogP contribution in [0.2, 0.25) is 0 Å². The van der Waals surface area contributed by atoms with Crippen LogP contribution in [0.15, 0.2) is 54.6 Å². The first-order chi connectivity index (χ1) is 11.6. The average Bonchev–Trinajstić information content (AvgIpc) is 2.62. The molecule has 1 heterocycles. The normalized spacial score (nSPS) is 23.5. The minimum absolute atomic E-state index is 0.0156. The zero-order valence-electron chi connectivity index (χ0n) is 13.8. The van der Waals surface area contributed by atoms with Gasteiger partial charge in [0.2, 0.25) is 0 Å². The molecule has 1 amide bonds. The molecule has 0 aromatic heterocycles. The summed E-state index contributed by atoms with van der Waals surface area (Å²) >= 11 is 0. The first-order valence-electron chi connectivity index (χ1n) is 8.11. The Labute approximate surface area is 142 Å². The molecule has 0 unspecified atom stereocenters. The molecule has 1 fully saturated rings. The summed E-state index contributed by atoms with van der Waals surface area (Å²) in [5, 5.41) is 9.05. The zero-order valence-corrected chi connectivity index (χ0v) is 13.8. The number of morpholine rings is 1. The summed E-state index contributed by atoms with van der Waals surface area (Å²) in [6.07, 6.45) is -0.148. The quantitative estimate of drug-likeness (QED) is 0.850. The van der Waals surface area contributed by atoms with Gasteiger partial charge in [-0.2, -0.15) is 5.26 Å². The van der Waals surface area contributed by atoms with Gasteiger partial charge in [0.25, 0.3) is 5.91 Å². The lowest BCUT2D eigenvalue weighted by molar-refractivity contribution is -0.0806. The molecule has 4 heteroatoms. The van der Waals surface area contributed by atoms with E-state index in [4.69, 9.17) is 10.00 Å². The van der Waals surface area contributed by atoms with E-state index in [2.05, 4.69) is 6.07 Å². The van der Waals surface area contributed by atoms with Gasteiger partial charge in [0.15, 0.2) is 0 Å². The van der Waals surface area contributed by atoms with Gasteiger partial charge in [0, 0.05) is 5.56 Å². The van der Waals surface area contributed by atoms with E-state index < -0.39 is 0 Å². The number of carbonyl (C=O) groups excluding carboxylic acids is 1. The minimum atomic E-state index is -0.148. The average molecular weight is 320 g/mol. The van der Waals surface area contributed by atoms with Crippen LogP contribution < -0.4 is 0 Å². The van der Waals surface area contributed by atoms with E-state index >= 15 is 0 Å². The van der Waals surface area contributed by atoms with Gasteiger partial charge in [-0.25, -0.2) is 0 Å². The van der Waals surface area contributed by atoms with Gasteiger partial charge in [0.05, 0.1) is 30.3 Å². The molecule has 0 radical (unpaired) electrons. The summed E-state index contributed by atoms with van der Waals surface area (Å²) in [6.45, 7) is 4.50. The molecule has 24 heavy (non-hydrogen) atoms. The molecule has 0 spiro atoms. The van der Waals surface area contributed by atoms with Crippen LogP contribution >= 0.6 is 0 Å². The number of amides is 1. The number of carbonyl (C=O) groups is 1. The Bertz CT molecular complexity index is 767. The SMILES string of the molecule is C[C@@H]1CO[C@@H](c2ccccc2)[C@H](C)N1C(=O)c1cccc(C#N)c1. The Morgan fingerprint density at radius 2 is 1.92 bits per heavy atom. The van der Waals surface area contributed by atoms with E-state index in [0.29, 0.717) is 17.7 Å². The maximum atomic E-state index is 13.0. The van der Waals surface area contributed by atoms with Crippen molar-refractivity contribution in [1.82, 2.24) is 4.90 Å². The molecular weight excluding hydrogens is 300 g/mol. The van der Waals surface area contributed by atoms with Crippen molar-refractivity contribution in [3.8, 4) is 6.07 Å². The zero-order chi connectivity index (χ0) is 17.1. The Balaban J connectivity index is 1.90. The van der Waals surface area contributed by atoms with E-state index in [1.807, 2.05) is 49.1 Å². The predicted octanol–water partition coefficient (Wildman–Crippen LogP) is 3.55. The molecule has 122 valence electrons. The van der Waals surface area contributed by atoms with E-state index in [1.54, 1.807) is 24.3 Å². The fraction of sp³-hybridized carbons (Fsp3) is 0.300. The second-order valence-corrected chi connectivity index (χ2v) is 6.16. The van der Waals surface area contributed by atoms with Gasteiger partial charge in [-0.05, 0) is 37.6 Å². The Morgan fingerprint density at radius 3 is 2.62 bits per heavy atom. The standard InChI is InChI=1S/C20H20N2O2/c1-14-13-24-19(17-8-4-3-5-9-17)15(2)22(14)20(23)18-10-6-7-16(11-18)12-21/h3-11,14-15,19H,13H2,1-2H3/t14-,15+,19-/m1/s1. The monoisotopic (exact) mass is 320 g/mol. The molecule has 3 atom stereocenters. The summed E-state index contributed by atoms with van der Waals surface area (Å²) in [6, 6.07) is 18.8. The van der Waals surface area contributed by atoms with Crippen LogP contribution in [0, 0.1) is 11.3 Å². The van der Waals surface area contributed by atoms with Gasteiger partial charge in [0.1, 0.15) is 6.10 Å². The molecule has 2 aromatic rings. The third-order valence-corrected chi connectivity index (χ3v) is 4.47. The first kappa shape index (κ1) is 16.2. The lowest BCUT2D eigenvalue weighted by atomic mass is 9.97. The number of hydrogen-bond acceptors (Lipinski definition) is 3. The highest BCUT2D eigenvalue weighted by Gasteiger charge is 2.37. The van der Waals surface area contributed by atoms with Crippen LogP contribution in [-0.4, -0.2) is 29.5 Å². The second-order valence-electron chi connectivity index (χ2n) is 6.16. The number of benzene rings is 2. The van der Waals surface area contributed by atoms with Gasteiger partial charge >= 0.3 is 0 Å². The van der Waals surface area contributed by atoms with Crippen molar-refractivity contribution in [1.29, 1.82) is 5.26 Å². The van der Waals surface area contributed by atoms with Crippen LogP contribution in [0.3, 0.4) is 0 Å². The molecule has 0 saturated carbocycles. The van der Waals surface area contributed by atoms with Gasteiger partial charge < -0.3 is 9.64 Å². The highest BCUT2D eigenvalue weighted by atomic mass is 16.5. The van der Waals surface area contributed by atoms with Crippen LogP contribution in [0.5, 0.6) is 0 Å². The third-order valence-electron chi connectivity index (χ3n) is 4.47. The van der Waals surface area contributed by atoms with Gasteiger partial charge in [-0.15, -0.1) is 0 Å². The molecule has 0 aliphatic carbocycles. The number of nitrogens with zero attached hydrogens (tertiary/aromatic N) is 2. The molecule has 1 aliphatic rings. The van der Waals surface area contributed by atoms with Crippen molar-refractivity contribution in [2.24, 2.45) is 0 Å². The molecule has 0 N–H and O–H groups in total. The topological polar surface area (TPSA) is 53.3 Å². The van der Waals surface area contributed by atoms with Gasteiger partial charge in [-0.3, -0.25) is 4.79 Å². The molecule has 2 aromatic carbocycles. The fourth-order valence-corrected chi connectivity index (χ4v) is 3.28. The molecule has 1 saturated heterocycles. The Morgan fingerprint density at radius 1 is 1.17 bits per heavy atom. The smallest absolute Gasteiger partial charge is 0.254 e. The van der Waals surface area contributed by atoms with E-state index in [1.165, 1.54) is 0 Å². The van der Waals surface area contributed by atoms with E-state index in [9.17, 15) is 4.79 Å². The maximum Gasteiger partial charge on any atom is 0.254 e. The maximum absolute atomic E-state index is 13.0. The van der Waals surface area contributed by atoms with Crippen LogP contribution in [0.25, 0.3) is 0 Å². The number of nitriles is 1. The summed E-state index contributed by atoms with van der Waals surface area (Å²) in [4.78, 5) is 14.9. The highest BCUT2D eigenvalue weighted by molar-refractivity contribution is 5.95. The molecule has 0 bridgehead atoms. The molecule has 3 rings (SSSR count). The lowest BCUT2D eigenvalue weighted by Crippen LogP contribution is -2.53. The molecule has 4 nitrogen and oxygen atoms in total. The minimum Gasteiger partial charge on any atom is -0.369 e. The van der Waals surface area contributed by atoms with Crippen molar-refractivity contribution in [2.45, 2.75) is 32.0 Å². The summed E-state index contributed by atoms with van der Waals surface area (Å²) < 4.78 is 6.00. The summed E-state index contributed by atoms with van der Waals surface area (Å²) in [7, 11) is 0. The van der Waals surface area contributed by atoms with Gasteiger partial charge in [-0.1, -0.05) is 36.4 Å². The van der Waals surface area contributed by atoms with Crippen molar-refractivity contribution in [3.63, 3.8) is 0 Å². The van der Waals surface area contributed by atoms with Crippen LogP contribution in [0.4, 0.5) is 0 Å². The summed E-state index contributed by atoms with van der Waals surface area (Å²) in [5.74, 6) is -0.0590. The van der Waals surface area contributed by atoms with Crippen molar-refractivity contribution < 1.29 is 9.53 Å².